The highest BCUT2D eigenvalue weighted by Crippen LogP contribution is 2.31. The van der Waals surface area contributed by atoms with E-state index in [2.05, 4.69) is 10.6 Å². The van der Waals surface area contributed by atoms with E-state index in [1.807, 2.05) is 25.1 Å². The number of hydrogen-bond donors (Lipinski definition) is 2. The summed E-state index contributed by atoms with van der Waals surface area (Å²) in [4.78, 5) is 41.6. The van der Waals surface area contributed by atoms with Crippen molar-refractivity contribution < 1.29 is 18.8 Å². The van der Waals surface area contributed by atoms with Gasteiger partial charge in [-0.1, -0.05) is 31.0 Å². The van der Waals surface area contributed by atoms with Gasteiger partial charge in [-0.15, -0.1) is 11.3 Å². The minimum absolute atomic E-state index is 0.0825. The predicted octanol–water partition coefficient (Wildman–Crippen LogP) is 4.52. The van der Waals surface area contributed by atoms with E-state index in [0.717, 1.165) is 31.2 Å². The maximum absolute atomic E-state index is 13.6. The molecule has 178 valence electrons. The first-order valence-corrected chi connectivity index (χ1v) is 12.4. The van der Waals surface area contributed by atoms with E-state index in [9.17, 15) is 14.4 Å². The quantitative estimate of drug-likeness (QED) is 0.497. The normalized spacial score (nSPS) is 14.5. The van der Waals surface area contributed by atoms with Gasteiger partial charge in [0.25, 0.3) is 11.8 Å². The van der Waals surface area contributed by atoms with Crippen LogP contribution in [0.15, 0.2) is 58.3 Å². The Labute approximate surface area is 203 Å². The number of rotatable bonds is 8. The molecule has 2 heterocycles. The van der Waals surface area contributed by atoms with Crippen LogP contribution in [0.3, 0.4) is 0 Å². The van der Waals surface area contributed by atoms with Crippen molar-refractivity contribution in [3.8, 4) is 0 Å². The lowest BCUT2D eigenvalue weighted by Gasteiger charge is -2.31. The average molecular weight is 480 g/mol. The second-order valence-corrected chi connectivity index (χ2v) is 9.55. The predicted molar refractivity (Wildman–Crippen MR) is 132 cm³/mol. The Morgan fingerprint density at radius 2 is 1.88 bits per heavy atom. The summed E-state index contributed by atoms with van der Waals surface area (Å²) in [5.41, 5.74) is 1.51. The molecule has 1 atom stereocenters. The number of benzene rings is 1. The first-order chi connectivity index (χ1) is 16.4. The van der Waals surface area contributed by atoms with Gasteiger partial charge >= 0.3 is 0 Å². The molecule has 2 aromatic heterocycles. The molecule has 1 aromatic carbocycles. The molecule has 8 heteroatoms. The summed E-state index contributed by atoms with van der Waals surface area (Å²) in [7, 11) is 0. The molecule has 1 aliphatic carbocycles. The monoisotopic (exact) mass is 479 g/mol. The Hall–Kier alpha value is -3.39. The number of thiophene rings is 1. The summed E-state index contributed by atoms with van der Waals surface area (Å²) >= 11 is 1.30. The Bertz CT molecular complexity index is 1150. The Kier molecular flexibility index (Phi) is 7.47. The minimum Gasteiger partial charge on any atom is -0.464 e. The fourth-order valence-electron chi connectivity index (χ4n) is 4.28. The Balaban J connectivity index is 1.66. The van der Waals surface area contributed by atoms with E-state index in [-0.39, 0.29) is 24.4 Å². The molecule has 1 aliphatic rings. The van der Waals surface area contributed by atoms with Crippen LogP contribution < -0.4 is 15.5 Å². The topological polar surface area (TPSA) is 91.7 Å². The minimum atomic E-state index is -0.998. The molecule has 0 aliphatic heterocycles. The number of aryl methyl sites for hydroxylation is 2. The second-order valence-electron chi connectivity index (χ2n) is 8.60. The lowest BCUT2D eigenvalue weighted by Crippen LogP contribution is -2.49. The van der Waals surface area contributed by atoms with Gasteiger partial charge in [-0.3, -0.25) is 19.3 Å². The molecule has 1 saturated carbocycles. The van der Waals surface area contributed by atoms with Crippen LogP contribution in [0.2, 0.25) is 0 Å². The second kappa shape index (κ2) is 10.7. The summed E-state index contributed by atoms with van der Waals surface area (Å²) in [6.07, 6.45) is 3.99. The van der Waals surface area contributed by atoms with Gasteiger partial charge in [0, 0.05) is 11.7 Å². The molecule has 2 N–H and O–H groups in total. The van der Waals surface area contributed by atoms with Gasteiger partial charge in [0.2, 0.25) is 5.91 Å². The molecule has 0 radical (unpaired) electrons. The van der Waals surface area contributed by atoms with Crippen LogP contribution in [0.5, 0.6) is 0 Å². The number of furan rings is 1. The van der Waals surface area contributed by atoms with E-state index in [1.165, 1.54) is 16.2 Å². The van der Waals surface area contributed by atoms with Gasteiger partial charge in [0.1, 0.15) is 11.5 Å². The van der Waals surface area contributed by atoms with Crippen LogP contribution in [0.25, 0.3) is 0 Å². The molecule has 0 saturated heterocycles. The van der Waals surface area contributed by atoms with Gasteiger partial charge in [-0.25, -0.2) is 0 Å². The maximum Gasteiger partial charge on any atom is 0.261 e. The van der Waals surface area contributed by atoms with E-state index in [4.69, 9.17) is 4.42 Å². The number of nitrogens with one attached hydrogen (secondary N) is 2. The molecule has 3 amide bonds. The summed E-state index contributed by atoms with van der Waals surface area (Å²) in [6.45, 7) is 3.47. The number of carbonyl (C=O) groups is 3. The van der Waals surface area contributed by atoms with Crippen molar-refractivity contribution in [1.82, 2.24) is 10.6 Å². The average Bonchev–Trinajstić information content (AvgIpc) is 3.59. The van der Waals surface area contributed by atoms with E-state index < -0.39 is 11.9 Å². The van der Waals surface area contributed by atoms with Crippen molar-refractivity contribution in [1.29, 1.82) is 0 Å². The number of nitrogens with zero attached hydrogens (tertiary/aromatic N) is 1. The third kappa shape index (κ3) is 5.56. The first kappa shape index (κ1) is 23.8. The lowest BCUT2D eigenvalue weighted by atomic mass is 10.1. The zero-order valence-corrected chi connectivity index (χ0v) is 20.2. The SMILES string of the molecule is Cc1cccc(N(C(=O)CNC(=O)c2cccs2)[C@H](C(=O)NC2CCCC2)c2ccc(C)o2)c1. The van der Waals surface area contributed by atoms with E-state index in [1.54, 1.807) is 42.6 Å². The van der Waals surface area contributed by atoms with Crippen molar-refractivity contribution in [3.63, 3.8) is 0 Å². The number of amides is 3. The van der Waals surface area contributed by atoms with Crippen LogP contribution in [-0.2, 0) is 9.59 Å². The maximum atomic E-state index is 13.6. The Morgan fingerprint density at radius 3 is 2.53 bits per heavy atom. The van der Waals surface area contributed by atoms with Crippen LogP contribution >= 0.6 is 11.3 Å². The molecule has 4 rings (SSSR count). The molecule has 1 fully saturated rings. The van der Waals surface area contributed by atoms with E-state index >= 15 is 0 Å². The molecular formula is C26H29N3O4S. The Morgan fingerprint density at radius 1 is 1.09 bits per heavy atom. The van der Waals surface area contributed by atoms with Crippen molar-refractivity contribution in [3.05, 3.63) is 75.9 Å². The standard InChI is InChI=1S/C26H29N3O4S/c1-17-7-5-10-20(15-17)29(23(30)16-27-25(31)22-11-6-14-34-22)24(21-13-12-18(2)33-21)26(32)28-19-8-3-4-9-19/h5-7,10-15,19,24H,3-4,8-9,16H2,1-2H3,(H,27,31)(H,28,32)/t24-/m0/s1. The van der Waals surface area contributed by atoms with Crippen molar-refractivity contribution in [2.75, 3.05) is 11.4 Å². The summed E-state index contributed by atoms with van der Waals surface area (Å²) in [5.74, 6) is 0.00825. The molecular weight excluding hydrogens is 450 g/mol. The molecule has 7 nitrogen and oxygen atoms in total. The van der Waals surface area contributed by atoms with Gasteiger partial charge in [-0.2, -0.15) is 0 Å². The van der Waals surface area contributed by atoms with Gasteiger partial charge in [0.15, 0.2) is 6.04 Å². The molecule has 0 unspecified atom stereocenters. The van der Waals surface area contributed by atoms with E-state index in [0.29, 0.717) is 22.1 Å². The van der Waals surface area contributed by atoms with Crippen molar-refractivity contribution >= 4 is 34.7 Å². The molecule has 3 aromatic rings. The summed E-state index contributed by atoms with van der Waals surface area (Å²) < 4.78 is 5.86. The third-order valence-corrected chi connectivity index (χ3v) is 6.80. The largest absolute Gasteiger partial charge is 0.464 e. The molecule has 0 spiro atoms. The molecule has 0 bridgehead atoms. The molecule has 34 heavy (non-hydrogen) atoms. The van der Waals surface area contributed by atoms with Crippen LogP contribution in [0, 0.1) is 13.8 Å². The zero-order chi connectivity index (χ0) is 24.1. The van der Waals surface area contributed by atoms with Crippen LogP contribution in [0.1, 0.15) is 58.5 Å². The zero-order valence-electron chi connectivity index (χ0n) is 19.4. The smallest absolute Gasteiger partial charge is 0.261 e. The fourth-order valence-corrected chi connectivity index (χ4v) is 4.92. The fraction of sp³-hybridized carbons (Fsp3) is 0.346. The third-order valence-electron chi connectivity index (χ3n) is 5.93. The van der Waals surface area contributed by atoms with Gasteiger partial charge < -0.3 is 15.1 Å². The first-order valence-electron chi connectivity index (χ1n) is 11.5. The highest BCUT2D eigenvalue weighted by Gasteiger charge is 2.36. The highest BCUT2D eigenvalue weighted by molar-refractivity contribution is 7.12. The van der Waals surface area contributed by atoms with Crippen molar-refractivity contribution in [2.24, 2.45) is 0 Å². The number of carbonyl (C=O) groups excluding carboxylic acids is 3. The number of hydrogen-bond acceptors (Lipinski definition) is 5. The van der Waals surface area contributed by atoms with Crippen LogP contribution in [-0.4, -0.2) is 30.3 Å². The number of anilines is 1. The van der Waals surface area contributed by atoms with Gasteiger partial charge in [-0.05, 0) is 68.0 Å². The lowest BCUT2D eigenvalue weighted by molar-refractivity contribution is -0.127. The summed E-state index contributed by atoms with van der Waals surface area (Å²) in [5, 5.41) is 7.61. The van der Waals surface area contributed by atoms with Gasteiger partial charge in [0.05, 0.1) is 11.4 Å². The summed E-state index contributed by atoms with van der Waals surface area (Å²) in [6, 6.07) is 13.5. The van der Waals surface area contributed by atoms with Crippen LogP contribution in [0.4, 0.5) is 5.69 Å². The highest BCUT2D eigenvalue weighted by atomic mass is 32.1. The van der Waals surface area contributed by atoms with Crippen molar-refractivity contribution in [2.45, 2.75) is 51.6 Å².